The number of hydrogen-bond acceptors (Lipinski definition) is 8. The van der Waals surface area contributed by atoms with Crippen LogP contribution in [0.5, 0.6) is 0 Å². The lowest BCUT2D eigenvalue weighted by molar-refractivity contribution is -0.139. The molecule has 0 bridgehead atoms. The number of piperazine rings is 1. The van der Waals surface area contributed by atoms with Crippen molar-refractivity contribution in [3.05, 3.63) is 40.1 Å². The molecule has 1 amide bonds. The molecule has 208 valence electrons. The Labute approximate surface area is 213 Å². The van der Waals surface area contributed by atoms with Crippen LogP contribution in [0.1, 0.15) is 24.5 Å². The van der Waals surface area contributed by atoms with E-state index in [1.807, 2.05) is 4.90 Å². The second-order valence-corrected chi connectivity index (χ2v) is 9.36. The number of halogens is 6. The van der Waals surface area contributed by atoms with E-state index < -0.39 is 40.8 Å². The maximum absolute atomic E-state index is 13.3. The second-order valence-electron chi connectivity index (χ2n) is 9.36. The summed E-state index contributed by atoms with van der Waals surface area (Å²) in [4.78, 5) is 37.7. The second kappa shape index (κ2) is 10.7. The third-order valence-corrected chi connectivity index (χ3v) is 6.53. The van der Waals surface area contributed by atoms with Gasteiger partial charge in [-0.15, -0.1) is 0 Å². The molecule has 0 aromatic carbocycles. The van der Waals surface area contributed by atoms with Gasteiger partial charge in [0.1, 0.15) is 5.56 Å². The molecule has 4 rings (SSSR count). The smallest absolute Gasteiger partial charge is 0.379 e. The van der Waals surface area contributed by atoms with Gasteiger partial charge >= 0.3 is 12.4 Å². The highest BCUT2D eigenvalue weighted by Gasteiger charge is 2.38. The van der Waals surface area contributed by atoms with E-state index in [0.717, 1.165) is 18.6 Å². The third-order valence-electron chi connectivity index (χ3n) is 6.53. The summed E-state index contributed by atoms with van der Waals surface area (Å²) in [6.07, 6.45) is -6.37. The molecule has 2 saturated heterocycles. The minimum absolute atomic E-state index is 0.0424. The summed E-state index contributed by atoms with van der Waals surface area (Å²) < 4.78 is 78.0. The Morgan fingerprint density at radius 2 is 1.71 bits per heavy atom. The number of nitrogens with one attached hydrogen (secondary N) is 2. The number of carbonyl (C=O) groups is 1. The highest BCUT2D eigenvalue weighted by Crippen LogP contribution is 2.32. The number of aromatic amines is 1. The first-order valence-electron chi connectivity index (χ1n) is 11.9. The van der Waals surface area contributed by atoms with Gasteiger partial charge in [0.25, 0.3) is 5.56 Å². The summed E-state index contributed by atoms with van der Waals surface area (Å²) in [7, 11) is 0. The van der Waals surface area contributed by atoms with Crippen molar-refractivity contribution in [2.45, 2.75) is 31.7 Å². The van der Waals surface area contributed by atoms with Gasteiger partial charge in [-0.1, -0.05) is 0 Å². The van der Waals surface area contributed by atoms with Crippen molar-refractivity contribution in [1.82, 2.24) is 30.0 Å². The lowest BCUT2D eigenvalue weighted by Crippen LogP contribution is -2.51. The van der Waals surface area contributed by atoms with Gasteiger partial charge in [0.15, 0.2) is 0 Å². The fraction of sp³-hybridized carbons (Fsp3) is 0.591. The molecule has 0 radical (unpaired) electrons. The zero-order chi connectivity index (χ0) is 27.7. The van der Waals surface area contributed by atoms with Crippen molar-refractivity contribution in [2.75, 3.05) is 56.0 Å². The van der Waals surface area contributed by atoms with E-state index in [2.05, 4.69) is 20.4 Å². The molecule has 2 aliphatic rings. The number of aromatic nitrogens is 4. The number of alkyl halides is 6. The summed E-state index contributed by atoms with van der Waals surface area (Å²) in [5.41, 5.74) is -4.00. The molecule has 10 nitrogen and oxygen atoms in total. The van der Waals surface area contributed by atoms with Crippen molar-refractivity contribution in [2.24, 2.45) is 5.92 Å². The molecule has 2 aromatic heterocycles. The number of rotatable bonds is 6. The Morgan fingerprint density at radius 1 is 1.05 bits per heavy atom. The Morgan fingerprint density at radius 3 is 2.32 bits per heavy atom. The fourth-order valence-corrected chi connectivity index (χ4v) is 4.70. The van der Waals surface area contributed by atoms with Gasteiger partial charge in [-0.05, 0) is 19.9 Å². The van der Waals surface area contributed by atoms with Crippen LogP contribution in [-0.2, 0) is 17.1 Å². The summed E-state index contributed by atoms with van der Waals surface area (Å²) in [5.74, 6) is -0.148. The summed E-state index contributed by atoms with van der Waals surface area (Å²) in [5, 5.41) is 7.95. The van der Waals surface area contributed by atoms with Gasteiger partial charge in [0.2, 0.25) is 11.9 Å². The lowest BCUT2D eigenvalue weighted by atomic mass is 10.1. The number of nitrogens with zero attached hydrogens (tertiary/aromatic N) is 6. The number of carbonyl (C=O) groups excluding carboxylic acids is 1. The zero-order valence-electron chi connectivity index (χ0n) is 20.3. The first kappa shape index (κ1) is 27.6. The van der Waals surface area contributed by atoms with Gasteiger partial charge in [-0.2, -0.15) is 31.4 Å². The van der Waals surface area contributed by atoms with Crippen molar-refractivity contribution in [3.8, 4) is 0 Å². The minimum Gasteiger partial charge on any atom is -0.379 e. The first-order valence-corrected chi connectivity index (χ1v) is 11.9. The molecule has 0 aliphatic carbocycles. The lowest BCUT2D eigenvalue weighted by Gasteiger charge is -2.36. The molecule has 2 N–H and O–H groups in total. The Kier molecular flexibility index (Phi) is 7.80. The predicted octanol–water partition coefficient (Wildman–Crippen LogP) is 2.07. The van der Waals surface area contributed by atoms with Gasteiger partial charge in [-0.3, -0.25) is 9.59 Å². The third kappa shape index (κ3) is 6.34. The van der Waals surface area contributed by atoms with Crippen LogP contribution in [0.25, 0.3) is 0 Å². The zero-order valence-corrected chi connectivity index (χ0v) is 20.3. The van der Waals surface area contributed by atoms with E-state index in [1.54, 1.807) is 21.8 Å². The number of hydrogen-bond donors (Lipinski definition) is 2. The number of likely N-dealkylation sites (tertiary alicyclic amines) is 1. The average molecular weight is 548 g/mol. The Balaban J connectivity index is 1.27. The van der Waals surface area contributed by atoms with E-state index in [4.69, 9.17) is 0 Å². The van der Waals surface area contributed by atoms with Crippen LogP contribution < -0.4 is 15.8 Å². The monoisotopic (exact) mass is 548 g/mol. The van der Waals surface area contributed by atoms with Crippen molar-refractivity contribution in [1.29, 1.82) is 0 Å². The SMILES string of the molecule is CC(CN1CC[C@H](C(=O)N2CCN(c3ncc(C(F)(F)F)cn3)CC2)C1)Nc1cn[nH]c(=O)c1C(F)(F)F. The standard InChI is InChI=1S/C22H26F6N8O2/c1-13(32-16-10-31-33-18(37)17(16)22(26,27)28)11-34-3-2-14(12-34)19(38)35-4-6-36(7-5-35)20-29-8-15(9-30-20)21(23,24)25/h8-10,13-14H,2-7,11-12H2,1H3,(H2,32,33,37)/t13?,14-/m0/s1. The summed E-state index contributed by atoms with van der Waals surface area (Å²) in [6.45, 7) is 4.54. The van der Waals surface area contributed by atoms with Crippen LogP contribution in [-0.4, -0.2) is 87.7 Å². The van der Waals surface area contributed by atoms with E-state index in [0.29, 0.717) is 52.2 Å². The Hall–Kier alpha value is -3.43. The van der Waals surface area contributed by atoms with Gasteiger partial charge in [0, 0.05) is 57.7 Å². The Bertz CT molecular complexity index is 1180. The molecule has 1 unspecified atom stereocenters. The van der Waals surface area contributed by atoms with Crippen molar-refractivity contribution in [3.63, 3.8) is 0 Å². The average Bonchev–Trinajstić information content (AvgIpc) is 3.30. The van der Waals surface area contributed by atoms with E-state index in [1.165, 1.54) is 0 Å². The van der Waals surface area contributed by atoms with Crippen LogP contribution in [0.15, 0.2) is 23.4 Å². The molecular weight excluding hydrogens is 522 g/mol. The molecule has 0 saturated carbocycles. The van der Waals surface area contributed by atoms with Crippen LogP contribution in [0, 0.1) is 5.92 Å². The predicted molar refractivity (Wildman–Crippen MR) is 123 cm³/mol. The molecule has 16 heteroatoms. The minimum atomic E-state index is -4.84. The highest BCUT2D eigenvalue weighted by atomic mass is 19.4. The topological polar surface area (TPSA) is 110 Å². The van der Waals surface area contributed by atoms with Crippen molar-refractivity contribution >= 4 is 17.5 Å². The molecule has 4 heterocycles. The van der Waals surface area contributed by atoms with Crippen LogP contribution in [0.3, 0.4) is 0 Å². The number of anilines is 2. The van der Waals surface area contributed by atoms with Crippen molar-refractivity contribution < 1.29 is 31.1 Å². The number of H-pyrrole nitrogens is 1. The van der Waals surface area contributed by atoms with Gasteiger partial charge in [-0.25, -0.2) is 15.1 Å². The maximum atomic E-state index is 13.3. The summed E-state index contributed by atoms with van der Waals surface area (Å²) >= 11 is 0. The quantitative estimate of drug-likeness (QED) is 0.529. The fourth-order valence-electron chi connectivity index (χ4n) is 4.70. The molecule has 2 fully saturated rings. The molecular formula is C22H26F6N8O2. The van der Waals surface area contributed by atoms with E-state index in [9.17, 15) is 35.9 Å². The molecule has 2 aromatic rings. The first-order chi connectivity index (χ1) is 17.8. The maximum Gasteiger partial charge on any atom is 0.423 e. The molecule has 2 atom stereocenters. The van der Waals surface area contributed by atoms with Crippen LogP contribution >= 0.6 is 0 Å². The van der Waals surface area contributed by atoms with E-state index >= 15 is 0 Å². The normalized spacial score (nSPS) is 20.0. The van der Waals surface area contributed by atoms with Gasteiger partial charge in [0.05, 0.1) is 23.4 Å². The molecule has 2 aliphatic heterocycles. The molecule has 0 spiro atoms. The van der Waals surface area contributed by atoms with E-state index in [-0.39, 0.29) is 17.8 Å². The largest absolute Gasteiger partial charge is 0.423 e. The van der Waals surface area contributed by atoms with Crippen LogP contribution in [0.2, 0.25) is 0 Å². The van der Waals surface area contributed by atoms with Crippen LogP contribution in [0.4, 0.5) is 38.0 Å². The highest BCUT2D eigenvalue weighted by molar-refractivity contribution is 5.79. The molecule has 38 heavy (non-hydrogen) atoms. The van der Waals surface area contributed by atoms with Gasteiger partial charge < -0.3 is 20.0 Å². The summed E-state index contributed by atoms with van der Waals surface area (Å²) in [6, 6.07) is -0.458. The number of amides is 1.